The molecule has 1 atom stereocenters. The molecule has 0 radical (unpaired) electrons. The number of aliphatic hydroxyl groups is 1. The van der Waals surface area contributed by atoms with Gasteiger partial charge >= 0.3 is 0 Å². The molecule has 0 bridgehead atoms. The minimum atomic E-state index is -0.760. The summed E-state index contributed by atoms with van der Waals surface area (Å²) >= 11 is 6.05. The van der Waals surface area contributed by atoms with Gasteiger partial charge in [-0.05, 0) is 36.2 Å². The molecule has 1 aliphatic heterocycles. The van der Waals surface area contributed by atoms with Crippen LogP contribution in [0.4, 0.5) is 0 Å². The monoisotopic (exact) mass is 429 g/mol. The maximum absolute atomic E-state index is 12.9. The largest absolute Gasteiger partial charge is 0.507 e. The minimum Gasteiger partial charge on any atom is -0.507 e. The Balaban J connectivity index is 2.13. The van der Waals surface area contributed by atoms with Gasteiger partial charge in [-0.1, -0.05) is 42.8 Å². The second-order valence-corrected chi connectivity index (χ2v) is 7.35. The van der Waals surface area contributed by atoms with Crippen molar-refractivity contribution < 1.29 is 24.2 Å². The molecule has 2 aromatic carbocycles. The lowest BCUT2D eigenvalue weighted by atomic mass is 9.95. The lowest BCUT2D eigenvalue weighted by molar-refractivity contribution is -0.140. The van der Waals surface area contributed by atoms with Crippen molar-refractivity contribution in [3.8, 4) is 5.75 Å². The normalized spacial score (nSPS) is 18.1. The number of ketones is 1. The van der Waals surface area contributed by atoms with Crippen molar-refractivity contribution in [2.45, 2.75) is 19.4 Å². The summed E-state index contributed by atoms with van der Waals surface area (Å²) in [6.45, 7) is 3.02. The van der Waals surface area contributed by atoms with Crippen molar-refractivity contribution in [2.75, 3.05) is 26.9 Å². The molecule has 1 unspecified atom stereocenters. The van der Waals surface area contributed by atoms with Crippen LogP contribution in [0.25, 0.3) is 5.76 Å². The average Bonchev–Trinajstić information content (AvgIpc) is 3.00. The number of benzene rings is 2. The third-order valence-electron chi connectivity index (χ3n) is 4.82. The van der Waals surface area contributed by atoms with Gasteiger partial charge < -0.3 is 19.5 Å². The number of aliphatic hydroxyl groups excluding tert-OH is 1. The molecule has 0 aromatic heterocycles. The van der Waals surface area contributed by atoms with Crippen molar-refractivity contribution in [3.63, 3.8) is 0 Å². The smallest absolute Gasteiger partial charge is 0.295 e. The van der Waals surface area contributed by atoms with E-state index in [1.54, 1.807) is 42.5 Å². The summed E-state index contributed by atoms with van der Waals surface area (Å²) in [6.07, 6.45) is 0.852. The lowest BCUT2D eigenvalue weighted by Crippen LogP contribution is -2.32. The number of hydrogen-bond acceptors (Lipinski definition) is 5. The number of hydrogen-bond donors (Lipinski definition) is 1. The van der Waals surface area contributed by atoms with Crippen LogP contribution in [0.5, 0.6) is 5.75 Å². The summed E-state index contributed by atoms with van der Waals surface area (Å²) in [4.78, 5) is 27.1. The molecule has 6 nitrogen and oxygen atoms in total. The van der Waals surface area contributed by atoms with E-state index in [-0.39, 0.29) is 24.5 Å². The Morgan fingerprint density at radius 1 is 1.13 bits per heavy atom. The summed E-state index contributed by atoms with van der Waals surface area (Å²) in [6, 6.07) is 13.0. The molecular weight excluding hydrogens is 406 g/mol. The number of halogens is 1. The van der Waals surface area contributed by atoms with Gasteiger partial charge in [0, 0.05) is 24.2 Å². The molecule has 1 amide bonds. The molecule has 3 rings (SSSR count). The quantitative estimate of drug-likeness (QED) is 0.386. The van der Waals surface area contributed by atoms with Gasteiger partial charge in [-0.3, -0.25) is 9.59 Å². The van der Waals surface area contributed by atoms with Crippen molar-refractivity contribution in [3.05, 3.63) is 70.3 Å². The van der Waals surface area contributed by atoms with E-state index in [2.05, 4.69) is 0 Å². The molecule has 1 aliphatic rings. The van der Waals surface area contributed by atoms with Crippen LogP contribution >= 0.6 is 11.6 Å². The number of ether oxygens (including phenoxy) is 2. The first-order valence-electron chi connectivity index (χ1n) is 9.74. The molecule has 1 heterocycles. The highest BCUT2D eigenvalue weighted by Gasteiger charge is 2.46. The second kappa shape index (κ2) is 9.78. The molecular formula is C23H24ClNO5. The summed E-state index contributed by atoms with van der Waals surface area (Å²) < 4.78 is 10.8. The molecule has 0 saturated carbocycles. The van der Waals surface area contributed by atoms with Gasteiger partial charge in [0.2, 0.25) is 0 Å². The predicted octanol–water partition coefficient (Wildman–Crippen LogP) is 4.20. The highest BCUT2D eigenvalue weighted by Crippen LogP contribution is 2.40. The highest BCUT2D eigenvalue weighted by atomic mass is 35.5. The van der Waals surface area contributed by atoms with E-state index in [4.69, 9.17) is 21.1 Å². The van der Waals surface area contributed by atoms with E-state index in [1.165, 1.54) is 12.0 Å². The number of amides is 1. The highest BCUT2D eigenvalue weighted by molar-refractivity contribution is 6.46. The second-order valence-electron chi connectivity index (χ2n) is 6.92. The molecule has 1 N–H and O–H groups in total. The van der Waals surface area contributed by atoms with Gasteiger partial charge in [-0.15, -0.1) is 0 Å². The van der Waals surface area contributed by atoms with Crippen LogP contribution in [0, 0.1) is 0 Å². The van der Waals surface area contributed by atoms with Gasteiger partial charge in [-0.25, -0.2) is 0 Å². The number of carbonyl (C=O) groups is 2. The molecule has 1 fully saturated rings. The number of nitrogens with zero attached hydrogens (tertiary/aromatic N) is 1. The minimum absolute atomic E-state index is 0.0195. The number of likely N-dealkylation sites (tertiary alicyclic amines) is 1. The van der Waals surface area contributed by atoms with Gasteiger partial charge in [-0.2, -0.15) is 0 Å². The fourth-order valence-electron chi connectivity index (χ4n) is 3.43. The molecule has 30 heavy (non-hydrogen) atoms. The van der Waals surface area contributed by atoms with Crippen LogP contribution in [0.15, 0.2) is 54.1 Å². The maximum Gasteiger partial charge on any atom is 0.295 e. The van der Waals surface area contributed by atoms with E-state index in [0.717, 1.165) is 6.42 Å². The molecule has 7 heteroatoms. The van der Waals surface area contributed by atoms with Gasteiger partial charge in [0.15, 0.2) is 0 Å². The zero-order chi connectivity index (χ0) is 21.7. The first-order valence-corrected chi connectivity index (χ1v) is 10.1. The van der Waals surface area contributed by atoms with Gasteiger partial charge in [0.25, 0.3) is 11.7 Å². The van der Waals surface area contributed by atoms with Crippen LogP contribution < -0.4 is 4.74 Å². The van der Waals surface area contributed by atoms with Crippen molar-refractivity contribution >= 4 is 29.1 Å². The van der Waals surface area contributed by atoms with E-state index < -0.39 is 17.7 Å². The molecule has 0 aliphatic carbocycles. The fraction of sp³-hybridized carbons (Fsp3) is 0.304. The third-order valence-corrected chi connectivity index (χ3v) is 5.06. The summed E-state index contributed by atoms with van der Waals surface area (Å²) in [5, 5.41) is 11.4. The van der Waals surface area contributed by atoms with Crippen molar-refractivity contribution in [1.82, 2.24) is 4.90 Å². The molecule has 1 saturated heterocycles. The first-order chi connectivity index (χ1) is 14.5. The van der Waals surface area contributed by atoms with Crippen LogP contribution in [0.2, 0.25) is 5.02 Å². The number of methoxy groups -OCH3 is 1. The number of rotatable bonds is 8. The van der Waals surface area contributed by atoms with Crippen LogP contribution in [-0.4, -0.2) is 48.6 Å². The van der Waals surface area contributed by atoms with Crippen molar-refractivity contribution in [2.24, 2.45) is 0 Å². The molecule has 158 valence electrons. The Morgan fingerprint density at radius 2 is 1.90 bits per heavy atom. The predicted molar refractivity (Wildman–Crippen MR) is 115 cm³/mol. The molecule has 2 aromatic rings. The Bertz CT molecular complexity index is 972. The first kappa shape index (κ1) is 21.9. The number of Topliss-reactive ketones (excluding diaryl/α,β-unsaturated/α-hetero) is 1. The van der Waals surface area contributed by atoms with E-state index in [1.807, 2.05) is 13.0 Å². The van der Waals surface area contributed by atoms with E-state index in [0.29, 0.717) is 28.5 Å². The van der Waals surface area contributed by atoms with E-state index >= 15 is 0 Å². The summed E-state index contributed by atoms with van der Waals surface area (Å²) in [7, 11) is 1.52. The Kier molecular flexibility index (Phi) is 7.13. The Morgan fingerprint density at radius 3 is 2.60 bits per heavy atom. The third kappa shape index (κ3) is 4.50. The Hall–Kier alpha value is -2.83. The summed E-state index contributed by atoms with van der Waals surface area (Å²) in [5.41, 5.74) is 1.06. The van der Waals surface area contributed by atoms with Gasteiger partial charge in [0.1, 0.15) is 11.5 Å². The average molecular weight is 430 g/mol. The number of carbonyl (C=O) groups excluding carboxylic acids is 2. The zero-order valence-corrected chi connectivity index (χ0v) is 17.7. The van der Waals surface area contributed by atoms with Crippen LogP contribution in [-0.2, 0) is 14.3 Å². The summed E-state index contributed by atoms with van der Waals surface area (Å²) in [5.74, 6) is -1.05. The Labute approximate surface area is 180 Å². The molecule has 0 spiro atoms. The maximum atomic E-state index is 12.9. The van der Waals surface area contributed by atoms with Crippen molar-refractivity contribution in [1.29, 1.82) is 0 Å². The van der Waals surface area contributed by atoms with Crippen LogP contribution in [0.1, 0.15) is 30.5 Å². The fourth-order valence-corrected chi connectivity index (χ4v) is 3.62. The van der Waals surface area contributed by atoms with Crippen LogP contribution in [0.3, 0.4) is 0 Å². The topological polar surface area (TPSA) is 76.1 Å². The van der Waals surface area contributed by atoms with Gasteiger partial charge in [0.05, 0.1) is 24.8 Å². The standard InChI is InChI=1S/C23H24ClNO5/c1-3-11-30-18-9-5-6-15(14-18)20-19(21(26)16-7-4-8-17(24)13-16)22(27)23(28)25(20)10-12-29-2/h4-9,13-14,20,26H,3,10-12H2,1-2H3/b21-19-. The van der Waals surface area contributed by atoms with E-state index in [9.17, 15) is 14.7 Å². The lowest BCUT2D eigenvalue weighted by Gasteiger charge is -2.25. The SMILES string of the molecule is CCCOc1cccc(C2/C(=C(/O)c3cccc(Cl)c3)C(=O)C(=O)N2CCOC)c1. The zero-order valence-electron chi connectivity index (χ0n) is 16.9.